The lowest BCUT2D eigenvalue weighted by atomic mass is 9.78. The molecule has 0 aliphatic heterocycles. The molecule has 0 bridgehead atoms. The number of rotatable bonds is 4. The summed E-state index contributed by atoms with van der Waals surface area (Å²) in [5, 5.41) is 7.68. The van der Waals surface area contributed by atoms with E-state index in [1.807, 2.05) is 0 Å². The molecule has 0 spiro atoms. The largest absolute Gasteiger partial charge is 0.497 e. The van der Waals surface area contributed by atoms with E-state index in [-0.39, 0.29) is 5.71 Å². The van der Waals surface area contributed by atoms with Crippen LogP contribution in [0.2, 0.25) is 0 Å². The molecule has 0 aromatic heterocycles. The Balaban J connectivity index is 3.22. The number of hydrogen-bond acceptors (Lipinski definition) is 3. The number of hydrogen-bond donors (Lipinski definition) is 2. The number of ether oxygens (including phenoxy) is 1. The van der Waals surface area contributed by atoms with E-state index in [2.05, 4.69) is 0 Å². The third-order valence-corrected chi connectivity index (χ3v) is 2.91. The SMILES string of the molecule is COc1ccc(C(C)(C(C)=N)C(N)=O)cc1. The Kier molecular flexibility index (Phi) is 3.32. The molecule has 1 amide bonds. The van der Waals surface area contributed by atoms with Crippen LogP contribution in [-0.2, 0) is 10.2 Å². The monoisotopic (exact) mass is 220 g/mol. The maximum Gasteiger partial charge on any atom is 0.233 e. The summed E-state index contributed by atoms with van der Waals surface area (Å²) in [7, 11) is 1.57. The summed E-state index contributed by atoms with van der Waals surface area (Å²) < 4.78 is 5.03. The molecule has 1 rings (SSSR count). The highest BCUT2D eigenvalue weighted by Gasteiger charge is 2.35. The predicted molar refractivity (Wildman–Crippen MR) is 62.9 cm³/mol. The van der Waals surface area contributed by atoms with Gasteiger partial charge in [0, 0.05) is 5.71 Å². The van der Waals surface area contributed by atoms with Gasteiger partial charge in [-0.15, -0.1) is 0 Å². The van der Waals surface area contributed by atoms with Crippen molar-refractivity contribution < 1.29 is 9.53 Å². The molecule has 3 N–H and O–H groups in total. The van der Waals surface area contributed by atoms with Gasteiger partial charge in [-0.2, -0.15) is 0 Å². The van der Waals surface area contributed by atoms with Gasteiger partial charge in [0.15, 0.2) is 0 Å². The Morgan fingerprint density at radius 1 is 1.38 bits per heavy atom. The van der Waals surface area contributed by atoms with E-state index >= 15 is 0 Å². The van der Waals surface area contributed by atoms with Crippen molar-refractivity contribution in [2.75, 3.05) is 7.11 Å². The lowest BCUT2D eigenvalue weighted by Crippen LogP contribution is -2.43. The van der Waals surface area contributed by atoms with Gasteiger partial charge in [0.05, 0.1) is 7.11 Å². The number of primary amides is 1. The molecule has 0 heterocycles. The van der Waals surface area contributed by atoms with Gasteiger partial charge in [-0.1, -0.05) is 12.1 Å². The Labute approximate surface area is 94.9 Å². The zero-order chi connectivity index (χ0) is 12.3. The summed E-state index contributed by atoms with van der Waals surface area (Å²) in [5.41, 5.74) is 5.24. The third kappa shape index (κ3) is 1.91. The minimum Gasteiger partial charge on any atom is -0.497 e. The average Bonchev–Trinajstić information content (AvgIpc) is 2.27. The first-order valence-electron chi connectivity index (χ1n) is 4.93. The topological polar surface area (TPSA) is 76.2 Å². The quantitative estimate of drug-likeness (QED) is 0.754. The predicted octanol–water partition coefficient (Wildman–Crippen LogP) is 1.48. The van der Waals surface area contributed by atoms with E-state index in [0.717, 1.165) is 0 Å². The van der Waals surface area contributed by atoms with Gasteiger partial charge in [0.25, 0.3) is 0 Å². The van der Waals surface area contributed by atoms with Crippen LogP contribution in [0, 0.1) is 5.41 Å². The first kappa shape index (κ1) is 12.2. The van der Waals surface area contributed by atoms with E-state index in [9.17, 15) is 4.79 Å². The third-order valence-electron chi connectivity index (χ3n) is 2.91. The molecule has 1 atom stereocenters. The molecule has 0 fully saturated rings. The number of benzene rings is 1. The fourth-order valence-corrected chi connectivity index (χ4v) is 1.47. The summed E-state index contributed by atoms with van der Waals surface area (Å²) >= 11 is 0. The second-order valence-electron chi connectivity index (χ2n) is 3.84. The summed E-state index contributed by atoms with van der Waals surface area (Å²) in [6.07, 6.45) is 0. The summed E-state index contributed by atoms with van der Waals surface area (Å²) in [6, 6.07) is 7.00. The molecule has 86 valence electrons. The first-order valence-corrected chi connectivity index (χ1v) is 4.93. The van der Waals surface area contributed by atoms with Crippen LogP contribution in [0.25, 0.3) is 0 Å². The molecular weight excluding hydrogens is 204 g/mol. The Hall–Kier alpha value is -1.84. The van der Waals surface area contributed by atoms with E-state index in [1.54, 1.807) is 45.2 Å². The van der Waals surface area contributed by atoms with E-state index < -0.39 is 11.3 Å². The lowest BCUT2D eigenvalue weighted by molar-refractivity contribution is -0.120. The molecule has 0 aliphatic rings. The Bertz CT molecular complexity index is 396. The maximum atomic E-state index is 11.5. The molecule has 0 saturated heterocycles. The minimum absolute atomic E-state index is 0.227. The van der Waals surface area contributed by atoms with Crippen LogP contribution in [0.1, 0.15) is 19.4 Å². The van der Waals surface area contributed by atoms with Crippen LogP contribution in [0.4, 0.5) is 0 Å². The molecule has 4 heteroatoms. The Morgan fingerprint density at radius 2 is 1.88 bits per heavy atom. The molecule has 0 radical (unpaired) electrons. The van der Waals surface area contributed by atoms with Crippen LogP contribution in [0.3, 0.4) is 0 Å². The van der Waals surface area contributed by atoms with Crippen LogP contribution in [0.15, 0.2) is 24.3 Å². The molecule has 1 aromatic rings. The van der Waals surface area contributed by atoms with Crippen molar-refractivity contribution in [3.63, 3.8) is 0 Å². The summed E-state index contributed by atoms with van der Waals surface area (Å²) in [5.74, 6) is 0.184. The van der Waals surface area contributed by atoms with Crippen molar-refractivity contribution in [1.29, 1.82) is 5.41 Å². The highest BCUT2D eigenvalue weighted by Crippen LogP contribution is 2.26. The second kappa shape index (κ2) is 4.35. The second-order valence-corrected chi connectivity index (χ2v) is 3.84. The van der Waals surface area contributed by atoms with Crippen molar-refractivity contribution in [3.05, 3.63) is 29.8 Å². The smallest absolute Gasteiger partial charge is 0.233 e. The highest BCUT2D eigenvalue weighted by molar-refractivity contribution is 6.10. The van der Waals surface area contributed by atoms with E-state index in [1.165, 1.54) is 0 Å². The van der Waals surface area contributed by atoms with Gasteiger partial charge in [-0.25, -0.2) is 0 Å². The van der Waals surface area contributed by atoms with Gasteiger partial charge in [0.2, 0.25) is 5.91 Å². The fourth-order valence-electron chi connectivity index (χ4n) is 1.47. The van der Waals surface area contributed by atoms with Crippen LogP contribution < -0.4 is 10.5 Å². The number of nitrogens with one attached hydrogen (secondary N) is 1. The zero-order valence-corrected chi connectivity index (χ0v) is 9.70. The fraction of sp³-hybridized carbons (Fsp3) is 0.333. The molecule has 1 unspecified atom stereocenters. The molecule has 16 heavy (non-hydrogen) atoms. The van der Waals surface area contributed by atoms with Crippen molar-refractivity contribution in [1.82, 2.24) is 0 Å². The number of methoxy groups -OCH3 is 1. The van der Waals surface area contributed by atoms with Gasteiger partial charge >= 0.3 is 0 Å². The van der Waals surface area contributed by atoms with Gasteiger partial charge in [-0.05, 0) is 31.5 Å². The average molecular weight is 220 g/mol. The molecule has 0 saturated carbocycles. The first-order chi connectivity index (χ1) is 7.42. The van der Waals surface area contributed by atoms with Crippen molar-refractivity contribution in [2.24, 2.45) is 5.73 Å². The standard InChI is InChI=1S/C12H16N2O2/c1-8(13)12(2,11(14)15)9-4-6-10(16-3)7-5-9/h4-7,13H,1-3H3,(H2,14,15). The van der Waals surface area contributed by atoms with Crippen molar-refractivity contribution in [2.45, 2.75) is 19.3 Å². The minimum atomic E-state index is -1.05. The Morgan fingerprint density at radius 3 is 2.19 bits per heavy atom. The van der Waals surface area contributed by atoms with Crippen LogP contribution in [-0.4, -0.2) is 18.7 Å². The number of carbonyl (C=O) groups excluding carboxylic acids is 1. The van der Waals surface area contributed by atoms with E-state index in [4.69, 9.17) is 15.9 Å². The van der Waals surface area contributed by atoms with Crippen molar-refractivity contribution in [3.8, 4) is 5.75 Å². The molecule has 4 nitrogen and oxygen atoms in total. The van der Waals surface area contributed by atoms with Crippen LogP contribution in [0.5, 0.6) is 5.75 Å². The molecular formula is C12H16N2O2. The maximum absolute atomic E-state index is 11.5. The lowest BCUT2D eigenvalue weighted by Gasteiger charge is -2.25. The molecule has 1 aromatic carbocycles. The van der Waals surface area contributed by atoms with Crippen LogP contribution >= 0.6 is 0 Å². The molecule has 0 aliphatic carbocycles. The normalized spacial score (nSPS) is 13.9. The number of carbonyl (C=O) groups is 1. The summed E-state index contributed by atoms with van der Waals surface area (Å²) in [6.45, 7) is 3.23. The summed E-state index contributed by atoms with van der Waals surface area (Å²) in [4.78, 5) is 11.5. The number of nitrogens with two attached hydrogens (primary N) is 1. The highest BCUT2D eigenvalue weighted by atomic mass is 16.5. The van der Waals surface area contributed by atoms with Gasteiger partial charge in [-0.3, -0.25) is 4.79 Å². The van der Waals surface area contributed by atoms with Gasteiger partial charge < -0.3 is 15.9 Å². The zero-order valence-electron chi connectivity index (χ0n) is 9.70. The van der Waals surface area contributed by atoms with Crippen molar-refractivity contribution >= 4 is 11.6 Å². The number of amides is 1. The van der Waals surface area contributed by atoms with E-state index in [0.29, 0.717) is 11.3 Å². The van der Waals surface area contributed by atoms with Gasteiger partial charge in [0.1, 0.15) is 11.2 Å².